The molecule has 0 radical (unpaired) electrons. The van der Waals surface area contributed by atoms with Crippen molar-refractivity contribution >= 4 is 5.82 Å². The molecule has 4 nitrogen and oxygen atoms in total. The number of rotatable bonds is 2. The van der Waals surface area contributed by atoms with Crippen LogP contribution < -0.4 is 10.6 Å². The lowest BCUT2D eigenvalue weighted by Gasteiger charge is -2.33. The molecule has 3 rings (SSSR count). The van der Waals surface area contributed by atoms with Crippen LogP contribution in [0.1, 0.15) is 42.5 Å². The highest BCUT2D eigenvalue weighted by Crippen LogP contribution is 2.28. The maximum absolute atomic E-state index is 9.84. The van der Waals surface area contributed by atoms with Gasteiger partial charge in [0.15, 0.2) is 0 Å². The molecule has 1 aromatic heterocycles. The second-order valence-corrected chi connectivity index (χ2v) is 5.73. The van der Waals surface area contributed by atoms with Crippen molar-refractivity contribution in [1.29, 1.82) is 0 Å². The smallest absolute Gasteiger partial charge is 0.133 e. The number of pyridine rings is 1. The molecule has 0 saturated carbocycles. The van der Waals surface area contributed by atoms with Crippen molar-refractivity contribution in [3.8, 4) is 0 Å². The molecule has 1 fully saturated rings. The van der Waals surface area contributed by atoms with Gasteiger partial charge in [0.1, 0.15) is 5.82 Å². The number of fused-ring (bicyclic) bond motifs is 1. The molecule has 104 valence electrons. The van der Waals surface area contributed by atoms with Crippen LogP contribution in [0.5, 0.6) is 0 Å². The zero-order valence-electron chi connectivity index (χ0n) is 11.4. The van der Waals surface area contributed by atoms with Gasteiger partial charge in [-0.3, -0.25) is 0 Å². The Kier molecular flexibility index (Phi) is 3.71. The minimum atomic E-state index is -0.225. The molecule has 4 heteroatoms. The van der Waals surface area contributed by atoms with E-state index in [0.29, 0.717) is 13.1 Å². The fraction of sp³-hybridized carbons (Fsp3) is 0.667. The van der Waals surface area contributed by atoms with Gasteiger partial charge in [0.25, 0.3) is 0 Å². The van der Waals surface area contributed by atoms with E-state index in [0.717, 1.165) is 43.6 Å². The first-order valence-corrected chi connectivity index (χ1v) is 7.42. The Hall–Kier alpha value is -1.13. The first-order valence-electron chi connectivity index (χ1n) is 7.42. The van der Waals surface area contributed by atoms with E-state index in [1.807, 2.05) is 0 Å². The molecular weight excluding hydrogens is 238 g/mol. The second-order valence-electron chi connectivity index (χ2n) is 5.73. The Morgan fingerprint density at radius 3 is 2.95 bits per heavy atom. The standard InChI is InChI=1S/C15H23N3O/c16-9-12-8-11-4-1-2-6-14(11)17-15(12)18-7-3-5-13(19)10-18/h8,13,19H,1-7,9-10,16H2. The molecule has 1 atom stereocenters. The molecule has 3 N–H and O–H groups in total. The van der Waals surface area contributed by atoms with Gasteiger partial charge in [0.05, 0.1) is 6.10 Å². The van der Waals surface area contributed by atoms with Gasteiger partial charge >= 0.3 is 0 Å². The third kappa shape index (κ3) is 2.60. The molecule has 0 amide bonds. The van der Waals surface area contributed by atoms with Gasteiger partial charge in [0.2, 0.25) is 0 Å². The van der Waals surface area contributed by atoms with Crippen LogP contribution in [0.3, 0.4) is 0 Å². The molecule has 19 heavy (non-hydrogen) atoms. The third-order valence-electron chi connectivity index (χ3n) is 4.27. The molecule has 1 saturated heterocycles. The number of piperidine rings is 1. The lowest BCUT2D eigenvalue weighted by Crippen LogP contribution is -2.39. The number of hydrogen-bond acceptors (Lipinski definition) is 4. The summed E-state index contributed by atoms with van der Waals surface area (Å²) < 4.78 is 0. The number of nitrogens with zero attached hydrogens (tertiary/aromatic N) is 2. The molecular formula is C15H23N3O. The summed E-state index contributed by atoms with van der Waals surface area (Å²) in [7, 11) is 0. The fourth-order valence-corrected chi connectivity index (χ4v) is 3.24. The fourth-order valence-electron chi connectivity index (χ4n) is 3.24. The predicted molar refractivity (Wildman–Crippen MR) is 76.2 cm³/mol. The minimum Gasteiger partial charge on any atom is -0.391 e. The van der Waals surface area contributed by atoms with Crippen LogP contribution in [0.4, 0.5) is 5.82 Å². The summed E-state index contributed by atoms with van der Waals surface area (Å²) in [5.74, 6) is 1.02. The van der Waals surface area contributed by atoms with E-state index in [1.54, 1.807) is 0 Å². The average Bonchev–Trinajstić information content (AvgIpc) is 2.46. The Balaban J connectivity index is 1.94. The summed E-state index contributed by atoms with van der Waals surface area (Å²) in [6.45, 7) is 2.21. The lowest BCUT2D eigenvalue weighted by atomic mass is 9.94. The highest BCUT2D eigenvalue weighted by atomic mass is 16.3. The number of aryl methyl sites for hydroxylation is 2. The third-order valence-corrected chi connectivity index (χ3v) is 4.27. The number of β-amino-alcohol motifs (C(OH)–C–C–N with tert-alkyl or cyclic N) is 1. The van der Waals surface area contributed by atoms with E-state index in [9.17, 15) is 5.11 Å². The largest absolute Gasteiger partial charge is 0.391 e. The predicted octanol–water partition coefficient (Wildman–Crippen LogP) is 1.38. The van der Waals surface area contributed by atoms with Crippen molar-refractivity contribution in [2.75, 3.05) is 18.0 Å². The maximum Gasteiger partial charge on any atom is 0.133 e. The summed E-state index contributed by atoms with van der Waals surface area (Å²) in [6, 6.07) is 2.25. The molecule has 1 aliphatic carbocycles. The van der Waals surface area contributed by atoms with Crippen LogP contribution in [0.15, 0.2) is 6.07 Å². The van der Waals surface area contributed by atoms with E-state index in [-0.39, 0.29) is 6.10 Å². The Labute approximate surface area is 114 Å². The molecule has 1 aromatic rings. The van der Waals surface area contributed by atoms with Gasteiger partial charge < -0.3 is 15.7 Å². The van der Waals surface area contributed by atoms with Gasteiger partial charge in [-0.25, -0.2) is 4.98 Å². The molecule has 2 heterocycles. The molecule has 0 bridgehead atoms. The van der Waals surface area contributed by atoms with Crippen LogP contribution in [0, 0.1) is 0 Å². The number of nitrogens with two attached hydrogens (primary N) is 1. The van der Waals surface area contributed by atoms with E-state index in [1.165, 1.54) is 24.1 Å². The van der Waals surface area contributed by atoms with Gasteiger partial charge in [-0.05, 0) is 50.2 Å². The Bertz CT molecular complexity index is 461. The Morgan fingerprint density at radius 2 is 2.16 bits per heavy atom. The number of anilines is 1. The number of aromatic nitrogens is 1. The monoisotopic (exact) mass is 261 g/mol. The number of aliphatic hydroxyl groups excluding tert-OH is 1. The van der Waals surface area contributed by atoms with Gasteiger partial charge in [0, 0.05) is 30.9 Å². The summed E-state index contributed by atoms with van der Waals surface area (Å²) in [6.07, 6.45) is 6.44. The molecule has 1 unspecified atom stereocenters. The zero-order valence-corrected chi connectivity index (χ0v) is 11.4. The van der Waals surface area contributed by atoms with Crippen molar-refractivity contribution in [1.82, 2.24) is 4.98 Å². The van der Waals surface area contributed by atoms with Crippen molar-refractivity contribution in [2.45, 2.75) is 51.2 Å². The van der Waals surface area contributed by atoms with Gasteiger partial charge in [-0.15, -0.1) is 0 Å². The first kappa shape index (κ1) is 12.9. The molecule has 2 aliphatic rings. The lowest BCUT2D eigenvalue weighted by molar-refractivity contribution is 0.153. The second kappa shape index (κ2) is 5.47. The van der Waals surface area contributed by atoms with Crippen molar-refractivity contribution in [2.24, 2.45) is 5.73 Å². The SMILES string of the molecule is NCc1cc2c(nc1N1CCCC(O)C1)CCCC2. The van der Waals surface area contributed by atoms with E-state index in [4.69, 9.17) is 10.7 Å². The van der Waals surface area contributed by atoms with Gasteiger partial charge in [-0.1, -0.05) is 0 Å². The quantitative estimate of drug-likeness (QED) is 0.844. The first-order chi connectivity index (χ1) is 9.28. The molecule has 0 spiro atoms. The zero-order chi connectivity index (χ0) is 13.2. The number of aliphatic hydroxyl groups is 1. The normalized spacial score (nSPS) is 23.3. The van der Waals surface area contributed by atoms with Crippen LogP contribution in [0.25, 0.3) is 0 Å². The molecule has 1 aliphatic heterocycles. The van der Waals surface area contributed by atoms with Crippen LogP contribution >= 0.6 is 0 Å². The van der Waals surface area contributed by atoms with Crippen molar-refractivity contribution in [3.63, 3.8) is 0 Å². The van der Waals surface area contributed by atoms with E-state index >= 15 is 0 Å². The highest BCUT2D eigenvalue weighted by molar-refractivity contribution is 5.51. The highest BCUT2D eigenvalue weighted by Gasteiger charge is 2.23. The van der Waals surface area contributed by atoms with Crippen molar-refractivity contribution < 1.29 is 5.11 Å². The average molecular weight is 261 g/mol. The summed E-state index contributed by atoms with van der Waals surface area (Å²) in [5, 5.41) is 9.84. The summed E-state index contributed by atoms with van der Waals surface area (Å²) >= 11 is 0. The topological polar surface area (TPSA) is 62.4 Å². The van der Waals surface area contributed by atoms with Gasteiger partial charge in [-0.2, -0.15) is 0 Å². The maximum atomic E-state index is 9.84. The van der Waals surface area contributed by atoms with Crippen LogP contribution in [-0.4, -0.2) is 29.3 Å². The minimum absolute atomic E-state index is 0.225. The van der Waals surface area contributed by atoms with Crippen LogP contribution in [0.2, 0.25) is 0 Å². The van der Waals surface area contributed by atoms with Crippen molar-refractivity contribution in [3.05, 3.63) is 22.9 Å². The summed E-state index contributed by atoms with van der Waals surface area (Å²) in [5.41, 5.74) is 9.66. The molecule has 0 aromatic carbocycles. The Morgan fingerprint density at radius 1 is 1.32 bits per heavy atom. The van der Waals surface area contributed by atoms with Crippen LogP contribution in [-0.2, 0) is 19.4 Å². The van der Waals surface area contributed by atoms with E-state index < -0.39 is 0 Å². The van der Waals surface area contributed by atoms with E-state index in [2.05, 4.69) is 11.0 Å². The number of hydrogen-bond donors (Lipinski definition) is 2. The summed E-state index contributed by atoms with van der Waals surface area (Å²) in [4.78, 5) is 7.09.